The molecule has 1 fully saturated rings. The fourth-order valence-electron chi connectivity index (χ4n) is 2.21. The molecule has 0 aromatic carbocycles. The number of rotatable bonds is 2. The molecule has 16 heavy (non-hydrogen) atoms. The average Bonchev–Trinajstić information content (AvgIpc) is 2.65. The number of aliphatic hydroxyl groups is 1. The van der Waals surface area contributed by atoms with E-state index in [-0.39, 0.29) is 6.10 Å². The Morgan fingerprint density at radius 2 is 2.25 bits per heavy atom. The maximum atomic E-state index is 10.7. The van der Waals surface area contributed by atoms with Gasteiger partial charge in [0.15, 0.2) is 0 Å². The van der Waals surface area contributed by atoms with Crippen molar-refractivity contribution in [3.8, 4) is 0 Å². The third-order valence-corrected chi connectivity index (χ3v) is 4.52. The van der Waals surface area contributed by atoms with Crippen LogP contribution in [0.3, 0.4) is 0 Å². The fourth-order valence-corrected chi connectivity index (χ4v) is 3.20. The van der Waals surface area contributed by atoms with Crippen molar-refractivity contribution < 1.29 is 9.84 Å². The smallest absolute Gasteiger partial charge is 0.103 e. The van der Waals surface area contributed by atoms with Gasteiger partial charge in [0.2, 0.25) is 0 Å². The molecule has 90 valence electrons. The molecule has 0 amide bonds. The maximum Gasteiger partial charge on any atom is 0.103 e. The first-order chi connectivity index (χ1) is 7.51. The van der Waals surface area contributed by atoms with Gasteiger partial charge in [-0.15, -0.1) is 11.3 Å². The molecule has 0 saturated carbocycles. The van der Waals surface area contributed by atoms with Gasteiger partial charge < -0.3 is 9.84 Å². The summed E-state index contributed by atoms with van der Waals surface area (Å²) in [6, 6.07) is 4.14. The van der Waals surface area contributed by atoms with Gasteiger partial charge in [-0.2, -0.15) is 0 Å². The van der Waals surface area contributed by atoms with E-state index < -0.39 is 5.60 Å². The van der Waals surface area contributed by atoms with Crippen LogP contribution in [0.4, 0.5) is 0 Å². The zero-order valence-electron chi connectivity index (χ0n) is 10.2. The van der Waals surface area contributed by atoms with Crippen LogP contribution in [0.2, 0.25) is 0 Å². The van der Waals surface area contributed by atoms with Gasteiger partial charge in [-0.25, -0.2) is 0 Å². The molecule has 0 radical (unpaired) electrons. The first kappa shape index (κ1) is 12.1. The van der Waals surface area contributed by atoms with Crippen LogP contribution < -0.4 is 0 Å². The van der Waals surface area contributed by atoms with Crippen molar-refractivity contribution in [3.63, 3.8) is 0 Å². The van der Waals surface area contributed by atoms with Crippen LogP contribution in [0.15, 0.2) is 12.1 Å². The Morgan fingerprint density at radius 1 is 1.50 bits per heavy atom. The van der Waals surface area contributed by atoms with Crippen molar-refractivity contribution in [2.75, 3.05) is 6.61 Å². The molecule has 1 saturated heterocycles. The first-order valence-corrected chi connectivity index (χ1v) is 6.74. The van der Waals surface area contributed by atoms with Gasteiger partial charge >= 0.3 is 0 Å². The predicted molar refractivity (Wildman–Crippen MR) is 66.8 cm³/mol. The summed E-state index contributed by atoms with van der Waals surface area (Å²) in [5, 5.41) is 10.7. The first-order valence-electron chi connectivity index (χ1n) is 5.92. The second kappa shape index (κ2) is 4.47. The van der Waals surface area contributed by atoms with Crippen molar-refractivity contribution >= 4 is 11.3 Å². The standard InChI is InChI=1S/C13H20O2S/c1-9(2)11-8-13(14,6-7-15-11)12-5-4-10(3)16-12/h4-5,9,11,14H,6-8H2,1-3H3. The molecule has 1 aliphatic rings. The normalized spacial score (nSPS) is 30.9. The highest BCUT2D eigenvalue weighted by atomic mass is 32.1. The molecule has 3 heteroatoms. The molecule has 1 N–H and O–H groups in total. The molecule has 0 spiro atoms. The lowest BCUT2D eigenvalue weighted by atomic mass is 9.85. The quantitative estimate of drug-likeness (QED) is 0.861. The van der Waals surface area contributed by atoms with Crippen LogP contribution in [0.1, 0.15) is 36.4 Å². The van der Waals surface area contributed by atoms with Crippen molar-refractivity contribution in [2.24, 2.45) is 5.92 Å². The molecule has 2 atom stereocenters. The molecule has 1 aromatic rings. The maximum absolute atomic E-state index is 10.7. The van der Waals surface area contributed by atoms with E-state index in [9.17, 15) is 5.11 Å². The third kappa shape index (κ3) is 2.31. The number of thiophene rings is 1. The van der Waals surface area contributed by atoms with Crippen LogP contribution >= 0.6 is 11.3 Å². The second-order valence-corrected chi connectivity index (χ2v) is 6.34. The Labute approximate surface area is 101 Å². The molecule has 2 heterocycles. The Bertz CT molecular complexity index is 359. The van der Waals surface area contributed by atoms with Crippen molar-refractivity contribution in [1.29, 1.82) is 0 Å². The third-order valence-electron chi connectivity index (χ3n) is 3.33. The summed E-state index contributed by atoms with van der Waals surface area (Å²) in [6.07, 6.45) is 1.63. The van der Waals surface area contributed by atoms with E-state index in [4.69, 9.17) is 4.74 Å². The Kier molecular flexibility index (Phi) is 3.38. The van der Waals surface area contributed by atoms with Gasteiger partial charge in [-0.05, 0) is 25.0 Å². The van der Waals surface area contributed by atoms with Crippen molar-refractivity contribution in [1.82, 2.24) is 0 Å². The summed E-state index contributed by atoms with van der Waals surface area (Å²) in [4.78, 5) is 2.36. The monoisotopic (exact) mass is 240 g/mol. The summed E-state index contributed by atoms with van der Waals surface area (Å²) in [5.41, 5.74) is -0.661. The van der Waals surface area contributed by atoms with Crippen LogP contribution in [-0.2, 0) is 10.3 Å². The van der Waals surface area contributed by atoms with Gasteiger partial charge in [0.05, 0.1) is 12.7 Å². The van der Waals surface area contributed by atoms with E-state index in [2.05, 4.69) is 32.9 Å². The molecule has 1 aliphatic heterocycles. The molecular formula is C13H20O2S. The highest BCUT2D eigenvalue weighted by molar-refractivity contribution is 7.12. The molecule has 0 aliphatic carbocycles. The van der Waals surface area contributed by atoms with E-state index in [1.54, 1.807) is 11.3 Å². The van der Waals surface area contributed by atoms with Crippen molar-refractivity contribution in [2.45, 2.75) is 45.3 Å². The highest BCUT2D eigenvalue weighted by Gasteiger charge is 2.38. The van der Waals surface area contributed by atoms with Gasteiger partial charge in [0, 0.05) is 22.6 Å². The average molecular weight is 240 g/mol. The highest BCUT2D eigenvalue weighted by Crippen LogP contribution is 2.39. The SMILES string of the molecule is Cc1ccc(C2(O)CCOC(C(C)C)C2)s1. The lowest BCUT2D eigenvalue weighted by Gasteiger charge is -2.38. The summed E-state index contributed by atoms with van der Waals surface area (Å²) in [7, 11) is 0. The van der Waals surface area contributed by atoms with E-state index in [0.29, 0.717) is 12.5 Å². The fraction of sp³-hybridized carbons (Fsp3) is 0.692. The zero-order valence-corrected chi connectivity index (χ0v) is 11.0. The Morgan fingerprint density at radius 3 is 2.81 bits per heavy atom. The summed E-state index contributed by atoms with van der Waals surface area (Å²) in [5.74, 6) is 0.466. The molecule has 2 nitrogen and oxygen atoms in total. The van der Waals surface area contributed by atoms with Crippen LogP contribution in [0.25, 0.3) is 0 Å². The second-order valence-electron chi connectivity index (χ2n) is 5.05. The van der Waals surface area contributed by atoms with Gasteiger partial charge in [-0.1, -0.05) is 13.8 Å². The number of ether oxygens (including phenoxy) is 1. The summed E-state index contributed by atoms with van der Waals surface area (Å²) in [6.45, 7) is 7.04. The lowest BCUT2D eigenvalue weighted by molar-refractivity contribution is -0.119. The van der Waals surface area contributed by atoms with E-state index >= 15 is 0 Å². The zero-order chi connectivity index (χ0) is 11.8. The van der Waals surface area contributed by atoms with Crippen LogP contribution in [0, 0.1) is 12.8 Å². The minimum atomic E-state index is -0.661. The number of aryl methyl sites for hydroxylation is 1. The van der Waals surface area contributed by atoms with E-state index in [1.165, 1.54) is 4.88 Å². The topological polar surface area (TPSA) is 29.5 Å². The van der Waals surface area contributed by atoms with E-state index in [1.807, 2.05) is 0 Å². The van der Waals surface area contributed by atoms with Gasteiger partial charge in [0.25, 0.3) is 0 Å². The predicted octanol–water partition coefficient (Wildman–Crippen LogP) is 3.08. The molecule has 1 aromatic heterocycles. The van der Waals surface area contributed by atoms with Gasteiger partial charge in [-0.3, -0.25) is 0 Å². The number of hydrogen-bond donors (Lipinski definition) is 1. The summed E-state index contributed by atoms with van der Waals surface area (Å²) >= 11 is 1.70. The van der Waals surface area contributed by atoms with E-state index in [0.717, 1.165) is 17.7 Å². The molecule has 2 rings (SSSR count). The molecule has 2 unspecified atom stereocenters. The largest absolute Gasteiger partial charge is 0.384 e. The minimum Gasteiger partial charge on any atom is -0.384 e. The van der Waals surface area contributed by atoms with Crippen molar-refractivity contribution in [3.05, 3.63) is 21.9 Å². The Balaban J connectivity index is 2.18. The van der Waals surface area contributed by atoms with Gasteiger partial charge in [0.1, 0.15) is 5.60 Å². The molecule has 0 bridgehead atoms. The minimum absolute atomic E-state index is 0.182. The number of hydrogen-bond acceptors (Lipinski definition) is 3. The lowest BCUT2D eigenvalue weighted by Crippen LogP contribution is -2.40. The molecular weight excluding hydrogens is 220 g/mol. The Hall–Kier alpha value is -0.380. The van der Waals surface area contributed by atoms with Crippen LogP contribution in [-0.4, -0.2) is 17.8 Å². The summed E-state index contributed by atoms with van der Waals surface area (Å²) < 4.78 is 5.71. The van der Waals surface area contributed by atoms with Crippen LogP contribution in [0.5, 0.6) is 0 Å².